The largest absolute Gasteiger partial charge is 0.466 e. The number of carbonyl (C=O) groups excluding carboxylic acids is 1. The SMILES string of the molecule is CCOC(=O)[C@H]1CN(CCc2cc3ccccc3[nH]2)c2ncccc2[C@H]1O[Si](C)(C)C(C)(C)C. The van der Waals surface area contributed by atoms with Gasteiger partial charge in [-0.25, -0.2) is 4.98 Å². The van der Waals surface area contributed by atoms with Crippen molar-refractivity contribution in [2.75, 3.05) is 24.6 Å². The van der Waals surface area contributed by atoms with E-state index in [1.165, 1.54) is 11.1 Å². The van der Waals surface area contributed by atoms with Crippen molar-refractivity contribution in [2.24, 2.45) is 5.92 Å². The van der Waals surface area contributed by atoms with Gasteiger partial charge >= 0.3 is 5.97 Å². The maximum atomic E-state index is 13.2. The zero-order valence-electron chi connectivity index (χ0n) is 21.2. The number of ether oxygens (including phenoxy) is 1. The topological polar surface area (TPSA) is 67.5 Å². The van der Waals surface area contributed by atoms with Crippen LogP contribution in [0.3, 0.4) is 0 Å². The van der Waals surface area contributed by atoms with Gasteiger partial charge in [0.2, 0.25) is 0 Å². The van der Waals surface area contributed by atoms with Crippen LogP contribution in [-0.2, 0) is 20.4 Å². The molecule has 2 atom stereocenters. The Bertz CT molecular complexity index is 1120. The predicted octanol–water partition coefficient (Wildman–Crippen LogP) is 5.87. The number of esters is 1. The third-order valence-corrected chi connectivity index (χ3v) is 11.7. The molecule has 0 unspecified atom stereocenters. The summed E-state index contributed by atoms with van der Waals surface area (Å²) in [6, 6.07) is 14.5. The van der Waals surface area contributed by atoms with E-state index in [1.807, 2.05) is 25.3 Å². The van der Waals surface area contributed by atoms with Crippen LogP contribution in [0.5, 0.6) is 0 Å². The highest BCUT2D eigenvalue weighted by atomic mass is 28.4. The molecular formula is C27H37N3O3Si. The Hall–Kier alpha value is -2.64. The van der Waals surface area contributed by atoms with Crippen molar-refractivity contribution in [3.63, 3.8) is 0 Å². The number of anilines is 1. The molecule has 6 nitrogen and oxygen atoms in total. The van der Waals surface area contributed by atoms with Crippen molar-refractivity contribution >= 4 is 31.0 Å². The number of carbonyl (C=O) groups is 1. The third kappa shape index (κ3) is 4.91. The van der Waals surface area contributed by atoms with Gasteiger partial charge in [0.25, 0.3) is 0 Å². The molecule has 0 spiro atoms. The molecule has 0 amide bonds. The molecular weight excluding hydrogens is 442 g/mol. The number of aromatic nitrogens is 2. The summed E-state index contributed by atoms with van der Waals surface area (Å²) in [7, 11) is -2.14. The Labute approximate surface area is 203 Å². The second-order valence-electron chi connectivity index (χ2n) is 10.7. The number of hydrogen-bond acceptors (Lipinski definition) is 5. The number of pyridine rings is 1. The molecule has 7 heteroatoms. The predicted molar refractivity (Wildman–Crippen MR) is 140 cm³/mol. The average Bonchev–Trinajstić information content (AvgIpc) is 3.20. The maximum Gasteiger partial charge on any atom is 0.313 e. The number of nitrogens with zero attached hydrogens (tertiary/aromatic N) is 2. The van der Waals surface area contributed by atoms with Gasteiger partial charge in [-0.3, -0.25) is 4.79 Å². The Morgan fingerprint density at radius 2 is 1.97 bits per heavy atom. The number of nitrogens with one attached hydrogen (secondary N) is 1. The molecule has 1 aliphatic rings. The summed E-state index contributed by atoms with van der Waals surface area (Å²) in [6.07, 6.45) is 2.30. The maximum absolute atomic E-state index is 13.2. The number of fused-ring (bicyclic) bond motifs is 2. The van der Waals surface area contributed by atoms with Gasteiger partial charge in [0.1, 0.15) is 11.7 Å². The van der Waals surface area contributed by atoms with Gasteiger partial charge in [-0.2, -0.15) is 0 Å². The van der Waals surface area contributed by atoms with Crippen LogP contribution in [0.25, 0.3) is 10.9 Å². The normalized spacial score (nSPS) is 18.7. The lowest BCUT2D eigenvalue weighted by atomic mass is 9.91. The summed E-state index contributed by atoms with van der Waals surface area (Å²) in [5.41, 5.74) is 3.29. The minimum absolute atomic E-state index is 0.0291. The van der Waals surface area contributed by atoms with E-state index >= 15 is 0 Å². The first-order valence-electron chi connectivity index (χ1n) is 12.2. The zero-order chi connectivity index (χ0) is 24.5. The van der Waals surface area contributed by atoms with Crippen LogP contribution in [-0.4, -0.2) is 44.0 Å². The molecule has 1 aromatic carbocycles. The van der Waals surface area contributed by atoms with Crippen molar-refractivity contribution in [3.05, 3.63) is 59.9 Å². The monoisotopic (exact) mass is 479 g/mol. The second kappa shape index (κ2) is 9.54. The van der Waals surface area contributed by atoms with Crippen molar-refractivity contribution in [1.29, 1.82) is 0 Å². The second-order valence-corrected chi connectivity index (χ2v) is 15.4. The summed E-state index contributed by atoms with van der Waals surface area (Å²) >= 11 is 0. The standard InChI is InChI=1S/C27H37N3O3Si/c1-7-32-26(31)22-18-30(16-14-20-17-19-11-8-9-13-23(19)29-20)25-21(12-10-15-28-25)24(22)33-34(5,6)27(2,3)4/h8-13,15,17,22,24,29H,7,14,16,18H2,1-6H3/t22-,24+/m0/s1. The molecule has 2 aromatic heterocycles. The molecule has 34 heavy (non-hydrogen) atoms. The molecule has 3 heterocycles. The van der Waals surface area contributed by atoms with Gasteiger partial charge in [0, 0.05) is 42.5 Å². The molecule has 0 saturated heterocycles. The van der Waals surface area contributed by atoms with E-state index in [2.05, 4.69) is 74.1 Å². The van der Waals surface area contributed by atoms with E-state index in [9.17, 15) is 4.79 Å². The summed E-state index contributed by atoms with van der Waals surface area (Å²) in [6.45, 7) is 14.6. The quantitative estimate of drug-likeness (QED) is 0.339. The minimum Gasteiger partial charge on any atom is -0.466 e. The number of para-hydroxylation sites is 1. The molecule has 0 bridgehead atoms. The van der Waals surface area contributed by atoms with E-state index in [0.29, 0.717) is 13.2 Å². The van der Waals surface area contributed by atoms with Gasteiger partial charge in [-0.15, -0.1) is 0 Å². The molecule has 0 radical (unpaired) electrons. The molecule has 4 rings (SSSR count). The Morgan fingerprint density at radius 3 is 2.68 bits per heavy atom. The van der Waals surface area contributed by atoms with E-state index < -0.39 is 14.2 Å². The summed E-state index contributed by atoms with van der Waals surface area (Å²) < 4.78 is 12.4. The summed E-state index contributed by atoms with van der Waals surface area (Å²) in [5, 5.41) is 1.24. The van der Waals surface area contributed by atoms with E-state index in [-0.39, 0.29) is 17.1 Å². The third-order valence-electron chi connectivity index (χ3n) is 7.26. The van der Waals surface area contributed by atoms with Gasteiger partial charge < -0.3 is 19.0 Å². The molecule has 1 aliphatic heterocycles. The van der Waals surface area contributed by atoms with Crippen LogP contribution in [0.1, 0.15) is 45.1 Å². The molecule has 0 fully saturated rings. The molecule has 182 valence electrons. The molecule has 0 saturated carbocycles. The molecule has 3 aromatic rings. The highest BCUT2D eigenvalue weighted by molar-refractivity contribution is 6.74. The summed E-state index contributed by atoms with van der Waals surface area (Å²) in [4.78, 5) is 23.6. The van der Waals surface area contributed by atoms with Gasteiger partial charge in [-0.05, 0) is 48.6 Å². The first kappa shape index (κ1) is 24.5. The molecule has 1 N–H and O–H groups in total. The van der Waals surface area contributed by atoms with Crippen molar-refractivity contribution in [1.82, 2.24) is 9.97 Å². The highest BCUT2D eigenvalue weighted by Gasteiger charge is 2.46. The average molecular weight is 480 g/mol. The van der Waals surface area contributed by atoms with Crippen LogP contribution in [0.15, 0.2) is 48.7 Å². The molecule has 0 aliphatic carbocycles. The number of hydrogen-bond donors (Lipinski definition) is 1. The Kier molecular flexibility index (Phi) is 6.87. The summed E-state index contributed by atoms with van der Waals surface area (Å²) in [5.74, 6) is 0.313. The Morgan fingerprint density at radius 1 is 1.21 bits per heavy atom. The lowest BCUT2D eigenvalue weighted by Gasteiger charge is -2.45. The van der Waals surface area contributed by atoms with Gasteiger partial charge in [0.15, 0.2) is 8.32 Å². The Balaban J connectivity index is 1.64. The number of benzene rings is 1. The lowest BCUT2D eigenvalue weighted by molar-refractivity contribution is -0.151. The van der Waals surface area contributed by atoms with E-state index in [4.69, 9.17) is 14.1 Å². The number of H-pyrrole nitrogens is 1. The fourth-order valence-corrected chi connectivity index (χ4v) is 5.62. The highest BCUT2D eigenvalue weighted by Crippen LogP contribution is 2.45. The fraction of sp³-hybridized carbons (Fsp3) is 0.481. The van der Waals surface area contributed by atoms with Crippen LogP contribution < -0.4 is 4.90 Å². The van der Waals surface area contributed by atoms with Crippen LogP contribution in [0.4, 0.5) is 5.82 Å². The first-order valence-corrected chi connectivity index (χ1v) is 15.1. The van der Waals surface area contributed by atoms with E-state index in [1.54, 1.807) is 0 Å². The minimum atomic E-state index is -2.14. The van der Waals surface area contributed by atoms with Crippen molar-refractivity contribution < 1.29 is 14.0 Å². The lowest BCUT2D eigenvalue weighted by Crippen LogP contribution is -2.49. The fourth-order valence-electron chi connectivity index (χ4n) is 4.34. The van der Waals surface area contributed by atoms with Crippen molar-refractivity contribution in [2.45, 2.75) is 58.4 Å². The van der Waals surface area contributed by atoms with Crippen molar-refractivity contribution in [3.8, 4) is 0 Å². The van der Waals surface area contributed by atoms with E-state index in [0.717, 1.165) is 29.9 Å². The van der Waals surface area contributed by atoms with Crippen LogP contribution in [0.2, 0.25) is 18.1 Å². The zero-order valence-corrected chi connectivity index (χ0v) is 22.2. The van der Waals surface area contributed by atoms with Crippen LogP contribution >= 0.6 is 0 Å². The van der Waals surface area contributed by atoms with Crippen LogP contribution in [0, 0.1) is 5.92 Å². The number of rotatable bonds is 7. The van der Waals surface area contributed by atoms with Gasteiger partial charge in [-0.1, -0.05) is 45.0 Å². The van der Waals surface area contributed by atoms with Gasteiger partial charge in [0.05, 0.1) is 12.7 Å². The smallest absolute Gasteiger partial charge is 0.313 e. The number of aromatic amines is 1. The first-order chi connectivity index (χ1) is 16.1.